The molecule has 0 unspecified atom stereocenters. The zero-order valence-electron chi connectivity index (χ0n) is 11.3. The van der Waals surface area contributed by atoms with Crippen molar-refractivity contribution in [3.8, 4) is 11.5 Å². The van der Waals surface area contributed by atoms with Crippen LogP contribution >= 0.6 is 0 Å². The number of amides is 1. The molecule has 1 atom stereocenters. The number of fused-ring (bicyclic) bond motifs is 1. The molecule has 7 nitrogen and oxygen atoms in total. The second-order valence-corrected chi connectivity index (χ2v) is 4.90. The molecule has 3 rings (SSSR count). The van der Waals surface area contributed by atoms with E-state index in [-0.39, 0.29) is 32.3 Å². The first kappa shape index (κ1) is 13.7. The normalized spacial score (nSPS) is 20.4. The third-order valence-corrected chi connectivity index (χ3v) is 3.49. The quantitative estimate of drug-likeness (QED) is 0.861. The first-order valence-corrected chi connectivity index (χ1v) is 6.64. The van der Waals surface area contributed by atoms with E-state index >= 15 is 0 Å². The van der Waals surface area contributed by atoms with Gasteiger partial charge in [0.15, 0.2) is 17.6 Å². The van der Waals surface area contributed by atoms with Crippen LogP contribution in [-0.2, 0) is 20.7 Å². The number of hydrogen-bond donors (Lipinski definition) is 1. The molecule has 2 aliphatic heterocycles. The molecule has 0 spiro atoms. The Kier molecular flexibility index (Phi) is 3.66. The number of ether oxygens (including phenoxy) is 3. The number of hydrogen-bond acceptors (Lipinski definition) is 5. The molecular weight excluding hydrogens is 278 g/mol. The van der Waals surface area contributed by atoms with Crippen LogP contribution in [0.25, 0.3) is 0 Å². The van der Waals surface area contributed by atoms with Crippen LogP contribution in [0.1, 0.15) is 5.56 Å². The van der Waals surface area contributed by atoms with Crippen molar-refractivity contribution in [2.45, 2.75) is 12.5 Å². The van der Waals surface area contributed by atoms with Crippen molar-refractivity contribution in [2.24, 2.45) is 0 Å². The Hall–Kier alpha value is -2.28. The number of rotatable bonds is 3. The standard InChI is InChI=1S/C14H15NO6/c16-13(15-3-4-19-12(7-15)14(17)18)6-9-1-2-10-11(5-9)21-8-20-10/h1-2,5,12H,3-4,6-8H2,(H,17,18)/t12-/m1/s1. The Balaban J connectivity index is 1.64. The number of morpholine rings is 1. The van der Waals surface area contributed by atoms with Gasteiger partial charge in [-0.05, 0) is 17.7 Å². The van der Waals surface area contributed by atoms with Gasteiger partial charge in [-0.2, -0.15) is 0 Å². The van der Waals surface area contributed by atoms with E-state index in [1.807, 2.05) is 0 Å². The van der Waals surface area contributed by atoms with Gasteiger partial charge in [0.1, 0.15) is 0 Å². The van der Waals surface area contributed by atoms with Gasteiger partial charge in [-0.15, -0.1) is 0 Å². The molecule has 2 heterocycles. The summed E-state index contributed by atoms with van der Waals surface area (Å²) in [6.45, 7) is 0.923. The average Bonchev–Trinajstić information content (AvgIpc) is 2.95. The molecule has 2 aliphatic rings. The maximum Gasteiger partial charge on any atom is 0.334 e. The third-order valence-electron chi connectivity index (χ3n) is 3.49. The van der Waals surface area contributed by atoms with Crippen LogP contribution in [0.2, 0.25) is 0 Å². The number of benzene rings is 1. The minimum Gasteiger partial charge on any atom is -0.479 e. The van der Waals surface area contributed by atoms with Gasteiger partial charge in [0.25, 0.3) is 0 Å². The highest BCUT2D eigenvalue weighted by atomic mass is 16.7. The van der Waals surface area contributed by atoms with E-state index < -0.39 is 12.1 Å². The molecule has 1 N–H and O–H groups in total. The predicted octanol–water partition coefficient (Wildman–Crippen LogP) is 0.270. The van der Waals surface area contributed by atoms with Crippen LogP contribution in [0.5, 0.6) is 11.5 Å². The maximum atomic E-state index is 12.2. The first-order valence-electron chi connectivity index (χ1n) is 6.64. The van der Waals surface area contributed by atoms with Crippen molar-refractivity contribution < 1.29 is 28.9 Å². The number of carboxylic acids is 1. The zero-order chi connectivity index (χ0) is 14.8. The van der Waals surface area contributed by atoms with E-state index in [9.17, 15) is 9.59 Å². The Labute approximate surface area is 121 Å². The molecule has 0 bridgehead atoms. The van der Waals surface area contributed by atoms with Gasteiger partial charge in [-0.3, -0.25) is 4.79 Å². The van der Waals surface area contributed by atoms with Gasteiger partial charge >= 0.3 is 5.97 Å². The monoisotopic (exact) mass is 293 g/mol. The summed E-state index contributed by atoms with van der Waals surface area (Å²) in [5, 5.41) is 8.94. The molecular formula is C14H15NO6. The van der Waals surface area contributed by atoms with Gasteiger partial charge in [0, 0.05) is 6.54 Å². The second-order valence-electron chi connectivity index (χ2n) is 4.90. The first-order chi connectivity index (χ1) is 10.1. The molecule has 0 saturated carbocycles. The van der Waals surface area contributed by atoms with E-state index in [1.54, 1.807) is 18.2 Å². The zero-order valence-corrected chi connectivity index (χ0v) is 11.3. The summed E-state index contributed by atoms with van der Waals surface area (Å²) < 4.78 is 15.6. The Morgan fingerprint density at radius 3 is 2.90 bits per heavy atom. The SMILES string of the molecule is O=C(O)[C@H]1CN(C(=O)Cc2ccc3c(c2)OCO3)CCO1. The highest BCUT2D eigenvalue weighted by Gasteiger charge is 2.29. The van der Waals surface area contributed by atoms with Crippen LogP contribution in [0.4, 0.5) is 0 Å². The fourth-order valence-electron chi connectivity index (χ4n) is 2.36. The molecule has 1 fully saturated rings. The summed E-state index contributed by atoms with van der Waals surface area (Å²) >= 11 is 0. The molecule has 1 aromatic carbocycles. The summed E-state index contributed by atoms with van der Waals surface area (Å²) in [5.41, 5.74) is 0.808. The number of carbonyl (C=O) groups is 2. The lowest BCUT2D eigenvalue weighted by Gasteiger charge is -2.31. The average molecular weight is 293 g/mol. The second kappa shape index (κ2) is 5.61. The van der Waals surface area contributed by atoms with E-state index in [4.69, 9.17) is 19.3 Å². The van der Waals surface area contributed by atoms with Crippen molar-refractivity contribution in [3.63, 3.8) is 0 Å². The van der Waals surface area contributed by atoms with E-state index in [0.29, 0.717) is 18.0 Å². The lowest BCUT2D eigenvalue weighted by molar-refractivity contribution is -0.159. The molecule has 0 aliphatic carbocycles. The molecule has 21 heavy (non-hydrogen) atoms. The smallest absolute Gasteiger partial charge is 0.334 e. The minimum absolute atomic E-state index is 0.0821. The van der Waals surface area contributed by atoms with Gasteiger partial charge in [0.05, 0.1) is 19.6 Å². The van der Waals surface area contributed by atoms with Crippen LogP contribution < -0.4 is 9.47 Å². The van der Waals surface area contributed by atoms with Crippen LogP contribution in [0.3, 0.4) is 0 Å². The molecule has 7 heteroatoms. The Morgan fingerprint density at radius 2 is 2.10 bits per heavy atom. The lowest BCUT2D eigenvalue weighted by Crippen LogP contribution is -2.49. The predicted molar refractivity (Wildman–Crippen MR) is 70.2 cm³/mol. The number of aliphatic carboxylic acids is 1. The van der Waals surface area contributed by atoms with E-state index in [1.165, 1.54) is 4.90 Å². The van der Waals surface area contributed by atoms with Gasteiger partial charge in [-0.1, -0.05) is 6.07 Å². The Bertz CT molecular complexity index is 573. The minimum atomic E-state index is -1.05. The van der Waals surface area contributed by atoms with Crippen molar-refractivity contribution in [2.75, 3.05) is 26.5 Å². The number of carboxylic acid groups (broad SMARTS) is 1. The molecule has 112 valence electrons. The highest BCUT2D eigenvalue weighted by molar-refractivity contribution is 5.80. The number of nitrogens with zero attached hydrogens (tertiary/aromatic N) is 1. The molecule has 0 aromatic heterocycles. The summed E-state index contributed by atoms with van der Waals surface area (Å²) in [6.07, 6.45) is -0.748. The van der Waals surface area contributed by atoms with Gasteiger partial charge < -0.3 is 24.2 Å². The van der Waals surface area contributed by atoms with Crippen LogP contribution in [0, 0.1) is 0 Å². The van der Waals surface area contributed by atoms with Crippen molar-refractivity contribution in [3.05, 3.63) is 23.8 Å². The molecule has 1 saturated heterocycles. The summed E-state index contributed by atoms with van der Waals surface area (Å²) in [5.74, 6) is 0.133. The van der Waals surface area contributed by atoms with Crippen LogP contribution in [0.15, 0.2) is 18.2 Å². The third kappa shape index (κ3) is 2.92. The van der Waals surface area contributed by atoms with Crippen molar-refractivity contribution in [1.29, 1.82) is 0 Å². The fourth-order valence-corrected chi connectivity index (χ4v) is 2.36. The summed E-state index contributed by atoms with van der Waals surface area (Å²) in [4.78, 5) is 24.7. The van der Waals surface area contributed by atoms with Gasteiger partial charge in [-0.25, -0.2) is 4.79 Å². The molecule has 1 amide bonds. The number of carbonyl (C=O) groups excluding carboxylic acids is 1. The molecule has 1 aromatic rings. The fraction of sp³-hybridized carbons (Fsp3) is 0.429. The van der Waals surface area contributed by atoms with E-state index in [2.05, 4.69) is 0 Å². The van der Waals surface area contributed by atoms with Crippen molar-refractivity contribution >= 4 is 11.9 Å². The summed E-state index contributed by atoms with van der Waals surface area (Å²) in [7, 11) is 0. The van der Waals surface area contributed by atoms with Crippen LogP contribution in [-0.4, -0.2) is 54.5 Å². The maximum absolute atomic E-state index is 12.2. The van der Waals surface area contributed by atoms with Gasteiger partial charge in [0.2, 0.25) is 12.7 Å². The Morgan fingerprint density at radius 1 is 1.29 bits per heavy atom. The summed E-state index contributed by atoms with van der Waals surface area (Å²) in [6, 6.07) is 5.35. The van der Waals surface area contributed by atoms with Crippen molar-refractivity contribution in [1.82, 2.24) is 4.90 Å². The van der Waals surface area contributed by atoms with E-state index in [0.717, 1.165) is 5.56 Å². The topological polar surface area (TPSA) is 85.3 Å². The lowest BCUT2D eigenvalue weighted by atomic mass is 10.1. The largest absolute Gasteiger partial charge is 0.479 e. The highest BCUT2D eigenvalue weighted by Crippen LogP contribution is 2.32. The molecule has 0 radical (unpaired) electrons.